The van der Waals surface area contributed by atoms with Gasteiger partial charge in [0.2, 0.25) is 0 Å². The second-order valence-corrected chi connectivity index (χ2v) is 4.73. The Morgan fingerprint density at radius 1 is 1.05 bits per heavy atom. The van der Waals surface area contributed by atoms with E-state index in [1.165, 1.54) is 17.8 Å². The van der Waals surface area contributed by atoms with Gasteiger partial charge in [-0.05, 0) is 5.56 Å². The van der Waals surface area contributed by atoms with Crippen molar-refractivity contribution < 1.29 is 0 Å². The number of fused-ring (bicyclic) bond motifs is 1. The van der Waals surface area contributed by atoms with Gasteiger partial charge in [0.25, 0.3) is 5.56 Å². The molecule has 1 aromatic carbocycles. The van der Waals surface area contributed by atoms with Crippen LogP contribution in [0.15, 0.2) is 46.1 Å². The number of nitrogens with zero attached hydrogens (tertiary/aromatic N) is 4. The van der Waals surface area contributed by atoms with Gasteiger partial charge in [-0.15, -0.1) is 0 Å². The Labute approximate surface area is 114 Å². The predicted molar refractivity (Wildman–Crippen MR) is 75.8 cm³/mol. The molecule has 0 unspecified atom stereocenters. The number of hydrogen-bond donors (Lipinski definition) is 0. The van der Waals surface area contributed by atoms with Crippen LogP contribution in [0.25, 0.3) is 11.0 Å². The molecule has 6 nitrogen and oxygen atoms in total. The van der Waals surface area contributed by atoms with Gasteiger partial charge in [0.05, 0.1) is 12.7 Å². The molecule has 2 aromatic heterocycles. The fourth-order valence-corrected chi connectivity index (χ4v) is 2.34. The van der Waals surface area contributed by atoms with Crippen molar-refractivity contribution in [2.75, 3.05) is 0 Å². The first-order chi connectivity index (χ1) is 9.59. The maximum atomic E-state index is 12.1. The molecule has 0 bridgehead atoms. The van der Waals surface area contributed by atoms with E-state index in [1.807, 2.05) is 30.3 Å². The van der Waals surface area contributed by atoms with Crippen LogP contribution in [0, 0.1) is 0 Å². The molecule has 0 amide bonds. The SMILES string of the molecule is Cn1c(=O)c2cnn(Cc3ccccc3)c2n(C)c1=O. The summed E-state index contributed by atoms with van der Waals surface area (Å²) < 4.78 is 4.22. The number of hydrogen-bond acceptors (Lipinski definition) is 3. The third-order valence-electron chi connectivity index (χ3n) is 3.41. The van der Waals surface area contributed by atoms with Crippen molar-refractivity contribution in [3.63, 3.8) is 0 Å². The van der Waals surface area contributed by atoms with Gasteiger partial charge in [-0.2, -0.15) is 5.10 Å². The van der Waals surface area contributed by atoms with Gasteiger partial charge in [0.15, 0.2) is 0 Å². The van der Waals surface area contributed by atoms with E-state index in [0.717, 1.165) is 10.1 Å². The minimum atomic E-state index is -0.350. The molecule has 3 aromatic rings. The van der Waals surface area contributed by atoms with Crippen LogP contribution in [0.4, 0.5) is 0 Å². The second-order valence-electron chi connectivity index (χ2n) is 4.73. The van der Waals surface area contributed by atoms with Crippen molar-refractivity contribution >= 4 is 11.0 Å². The maximum Gasteiger partial charge on any atom is 0.332 e. The van der Waals surface area contributed by atoms with Crippen LogP contribution >= 0.6 is 0 Å². The number of rotatable bonds is 2. The molecule has 0 spiro atoms. The summed E-state index contributed by atoms with van der Waals surface area (Å²) >= 11 is 0. The monoisotopic (exact) mass is 270 g/mol. The minimum absolute atomic E-state index is 0.317. The van der Waals surface area contributed by atoms with E-state index in [-0.39, 0.29) is 11.2 Å². The third kappa shape index (κ3) is 1.77. The molecule has 0 aliphatic heterocycles. The average molecular weight is 270 g/mol. The number of aryl methyl sites for hydroxylation is 1. The maximum absolute atomic E-state index is 12.1. The Bertz CT molecular complexity index is 887. The van der Waals surface area contributed by atoms with Crippen LogP contribution in [-0.2, 0) is 20.6 Å². The highest BCUT2D eigenvalue weighted by molar-refractivity contribution is 5.73. The molecule has 0 aliphatic carbocycles. The molecule has 102 valence electrons. The summed E-state index contributed by atoms with van der Waals surface area (Å²) in [5.41, 5.74) is 0.937. The summed E-state index contributed by atoms with van der Waals surface area (Å²) in [4.78, 5) is 24.1. The fraction of sp³-hybridized carbons (Fsp3) is 0.214. The summed E-state index contributed by atoms with van der Waals surface area (Å²) in [6.07, 6.45) is 1.51. The second kappa shape index (κ2) is 4.48. The lowest BCUT2D eigenvalue weighted by Gasteiger charge is -2.08. The fourth-order valence-electron chi connectivity index (χ4n) is 2.34. The highest BCUT2D eigenvalue weighted by atomic mass is 16.2. The minimum Gasteiger partial charge on any atom is -0.281 e. The van der Waals surface area contributed by atoms with Gasteiger partial charge in [0.1, 0.15) is 11.0 Å². The van der Waals surface area contributed by atoms with E-state index in [1.54, 1.807) is 11.7 Å². The molecule has 0 aliphatic rings. The molecule has 0 radical (unpaired) electrons. The van der Waals surface area contributed by atoms with E-state index in [0.29, 0.717) is 17.6 Å². The van der Waals surface area contributed by atoms with Gasteiger partial charge in [-0.3, -0.25) is 13.9 Å². The smallest absolute Gasteiger partial charge is 0.281 e. The third-order valence-corrected chi connectivity index (χ3v) is 3.41. The molecule has 20 heavy (non-hydrogen) atoms. The first kappa shape index (κ1) is 12.4. The van der Waals surface area contributed by atoms with E-state index in [9.17, 15) is 9.59 Å². The van der Waals surface area contributed by atoms with Gasteiger partial charge < -0.3 is 0 Å². The lowest BCUT2D eigenvalue weighted by Crippen LogP contribution is -2.37. The van der Waals surface area contributed by atoms with Crippen molar-refractivity contribution in [1.82, 2.24) is 18.9 Å². The standard InChI is InChI=1S/C14H14N4O2/c1-16-12-11(13(19)17(2)14(16)20)8-15-18(12)9-10-6-4-3-5-7-10/h3-8H,9H2,1-2H3. The zero-order valence-electron chi connectivity index (χ0n) is 11.3. The highest BCUT2D eigenvalue weighted by Crippen LogP contribution is 2.09. The molecule has 6 heteroatoms. The molecule has 0 N–H and O–H groups in total. The Morgan fingerprint density at radius 2 is 1.75 bits per heavy atom. The first-order valence-electron chi connectivity index (χ1n) is 6.25. The van der Waals surface area contributed by atoms with Crippen LogP contribution in [0.2, 0.25) is 0 Å². The van der Waals surface area contributed by atoms with Crippen molar-refractivity contribution in [2.45, 2.75) is 6.54 Å². The molecule has 0 saturated carbocycles. The summed E-state index contributed by atoms with van der Waals surface area (Å²) in [5.74, 6) is 0. The quantitative estimate of drug-likeness (QED) is 0.680. The Hall–Kier alpha value is -2.63. The number of benzene rings is 1. The van der Waals surface area contributed by atoms with Gasteiger partial charge in [-0.1, -0.05) is 30.3 Å². The molecule has 3 rings (SSSR count). The Kier molecular flexibility index (Phi) is 2.78. The first-order valence-corrected chi connectivity index (χ1v) is 6.25. The van der Waals surface area contributed by atoms with Gasteiger partial charge >= 0.3 is 5.69 Å². The van der Waals surface area contributed by atoms with E-state index < -0.39 is 0 Å². The van der Waals surface area contributed by atoms with Crippen molar-refractivity contribution in [3.8, 4) is 0 Å². The summed E-state index contributed by atoms with van der Waals surface area (Å²) in [5, 5.41) is 4.69. The number of aromatic nitrogens is 4. The molecule has 0 fully saturated rings. The Balaban J connectivity index is 2.24. The summed E-state index contributed by atoms with van der Waals surface area (Å²) in [7, 11) is 3.12. The average Bonchev–Trinajstić information content (AvgIpc) is 2.88. The zero-order chi connectivity index (χ0) is 14.3. The van der Waals surface area contributed by atoms with Crippen molar-refractivity contribution in [1.29, 1.82) is 0 Å². The molecule has 2 heterocycles. The van der Waals surface area contributed by atoms with Crippen LogP contribution in [0.5, 0.6) is 0 Å². The van der Waals surface area contributed by atoms with E-state index in [2.05, 4.69) is 5.10 Å². The van der Waals surface area contributed by atoms with Crippen LogP contribution in [-0.4, -0.2) is 18.9 Å². The summed E-state index contributed by atoms with van der Waals surface area (Å²) in [6.45, 7) is 0.519. The lowest BCUT2D eigenvalue weighted by atomic mass is 10.2. The molecule has 0 saturated heterocycles. The van der Waals surface area contributed by atoms with Crippen LogP contribution in [0.1, 0.15) is 5.56 Å². The predicted octanol–water partition coefficient (Wildman–Crippen LogP) is 0.482. The van der Waals surface area contributed by atoms with E-state index >= 15 is 0 Å². The van der Waals surface area contributed by atoms with Crippen LogP contribution < -0.4 is 11.2 Å². The van der Waals surface area contributed by atoms with Crippen molar-refractivity contribution in [3.05, 3.63) is 62.9 Å². The van der Waals surface area contributed by atoms with Crippen molar-refractivity contribution in [2.24, 2.45) is 14.1 Å². The molecular weight excluding hydrogens is 256 g/mol. The molecular formula is C14H14N4O2. The van der Waals surface area contributed by atoms with Gasteiger partial charge in [0, 0.05) is 14.1 Å². The summed E-state index contributed by atoms with van der Waals surface area (Å²) in [6, 6.07) is 9.79. The Morgan fingerprint density at radius 3 is 2.45 bits per heavy atom. The van der Waals surface area contributed by atoms with Crippen LogP contribution in [0.3, 0.4) is 0 Å². The normalized spacial score (nSPS) is 11.1. The van der Waals surface area contributed by atoms with Gasteiger partial charge in [-0.25, -0.2) is 9.48 Å². The zero-order valence-corrected chi connectivity index (χ0v) is 11.3. The largest absolute Gasteiger partial charge is 0.332 e. The lowest BCUT2D eigenvalue weighted by molar-refractivity contribution is 0.653. The van der Waals surface area contributed by atoms with E-state index in [4.69, 9.17) is 0 Å². The topological polar surface area (TPSA) is 61.8 Å². The highest BCUT2D eigenvalue weighted by Gasteiger charge is 2.13. The molecule has 0 atom stereocenters.